The van der Waals surface area contributed by atoms with Gasteiger partial charge in [-0.05, 0) is 30.4 Å². The molecular weight excluding hydrogens is 254 g/mol. The van der Waals surface area contributed by atoms with Gasteiger partial charge in [-0.2, -0.15) is 10.4 Å². The van der Waals surface area contributed by atoms with Crippen molar-refractivity contribution in [2.24, 2.45) is 0 Å². The fourth-order valence-corrected chi connectivity index (χ4v) is 1.78. The number of methoxy groups -OCH3 is 1. The number of hydrogen-bond acceptors (Lipinski definition) is 4. The number of carbonyl (C=O) groups excluding carboxylic acids is 1. The van der Waals surface area contributed by atoms with Gasteiger partial charge < -0.3 is 4.74 Å². The maximum absolute atomic E-state index is 12.1. The molecule has 5 nitrogen and oxygen atoms in total. The second-order valence-corrected chi connectivity index (χ2v) is 4.09. The number of allylic oxidation sites excluding steroid dienone is 1. The lowest BCUT2D eigenvalue weighted by molar-refractivity contribution is 0.104. The molecule has 0 unspecified atom stereocenters. The van der Waals surface area contributed by atoms with E-state index in [1.165, 1.54) is 13.2 Å². The van der Waals surface area contributed by atoms with Gasteiger partial charge >= 0.3 is 0 Å². The summed E-state index contributed by atoms with van der Waals surface area (Å²) < 4.78 is 5.16. The first kappa shape index (κ1) is 13.6. The van der Waals surface area contributed by atoms with E-state index in [2.05, 4.69) is 16.3 Å². The number of H-pyrrole nitrogens is 1. The summed E-state index contributed by atoms with van der Waals surface area (Å²) in [5, 5.41) is 15.2. The number of benzene rings is 1. The normalized spacial score (nSPS) is 10.4. The first-order valence-electron chi connectivity index (χ1n) is 5.99. The maximum Gasteiger partial charge on any atom is 0.185 e. The van der Waals surface area contributed by atoms with Crippen LogP contribution in [0.1, 0.15) is 21.5 Å². The average molecular weight is 267 g/mol. The highest BCUT2D eigenvalue weighted by atomic mass is 16.5. The molecule has 0 bridgehead atoms. The molecule has 0 aliphatic rings. The van der Waals surface area contributed by atoms with Crippen molar-refractivity contribution < 1.29 is 9.53 Å². The number of aromatic amines is 1. The number of aromatic nitrogens is 2. The van der Waals surface area contributed by atoms with Crippen LogP contribution in [0.4, 0.5) is 0 Å². The lowest BCUT2D eigenvalue weighted by Crippen LogP contribution is -1.98. The van der Waals surface area contributed by atoms with Gasteiger partial charge in [0.2, 0.25) is 0 Å². The van der Waals surface area contributed by atoms with E-state index >= 15 is 0 Å². The smallest absolute Gasteiger partial charge is 0.185 e. The summed E-state index contributed by atoms with van der Waals surface area (Å²) in [7, 11) is 1.54. The predicted octanol–water partition coefficient (Wildman–Crippen LogP) is 2.38. The van der Waals surface area contributed by atoms with E-state index in [0.29, 0.717) is 16.9 Å². The Balaban J connectivity index is 2.22. The summed E-state index contributed by atoms with van der Waals surface area (Å²) in [6, 6.07) is 7.12. The van der Waals surface area contributed by atoms with Gasteiger partial charge in [-0.25, -0.2) is 0 Å². The molecule has 5 heteroatoms. The van der Waals surface area contributed by atoms with Gasteiger partial charge in [-0.3, -0.25) is 9.89 Å². The largest absolute Gasteiger partial charge is 0.496 e. The number of nitriles is 1. The Hall–Kier alpha value is -2.87. The van der Waals surface area contributed by atoms with E-state index in [1.54, 1.807) is 36.7 Å². The highest BCUT2D eigenvalue weighted by molar-refractivity contribution is 6.07. The van der Waals surface area contributed by atoms with Gasteiger partial charge in [-0.1, -0.05) is 0 Å². The van der Waals surface area contributed by atoms with E-state index in [9.17, 15) is 4.79 Å². The molecule has 1 heterocycles. The Kier molecular flexibility index (Phi) is 4.30. The zero-order valence-electron chi connectivity index (χ0n) is 11.0. The van der Waals surface area contributed by atoms with Crippen LogP contribution in [-0.4, -0.2) is 23.1 Å². The third-order valence-electron chi connectivity index (χ3n) is 2.78. The molecular formula is C15H13N3O2. The fraction of sp³-hybridized carbons (Fsp3) is 0.133. The highest BCUT2D eigenvalue weighted by Crippen LogP contribution is 2.21. The summed E-state index contributed by atoms with van der Waals surface area (Å²) in [6.07, 6.45) is 6.68. The molecule has 2 aromatic rings. The van der Waals surface area contributed by atoms with Crippen molar-refractivity contribution in [1.29, 1.82) is 5.26 Å². The van der Waals surface area contributed by atoms with Crippen LogP contribution in [0, 0.1) is 11.3 Å². The molecule has 0 saturated carbocycles. The summed E-state index contributed by atoms with van der Waals surface area (Å²) in [5.74, 6) is 0.481. The van der Waals surface area contributed by atoms with E-state index in [1.807, 2.05) is 0 Å². The second kappa shape index (κ2) is 6.34. The Morgan fingerprint density at radius 2 is 2.40 bits per heavy atom. The Morgan fingerprint density at radius 3 is 3.05 bits per heavy atom. The number of ketones is 1. The molecule has 0 spiro atoms. The second-order valence-electron chi connectivity index (χ2n) is 4.09. The predicted molar refractivity (Wildman–Crippen MR) is 74.3 cm³/mol. The molecule has 0 radical (unpaired) electrons. The number of ether oxygens (including phenoxy) is 1. The van der Waals surface area contributed by atoms with Crippen molar-refractivity contribution in [3.63, 3.8) is 0 Å². The number of nitrogens with zero attached hydrogens (tertiary/aromatic N) is 2. The summed E-state index contributed by atoms with van der Waals surface area (Å²) in [5.41, 5.74) is 2.05. The van der Waals surface area contributed by atoms with Crippen LogP contribution >= 0.6 is 0 Å². The summed E-state index contributed by atoms with van der Waals surface area (Å²) in [6.45, 7) is 0. The van der Waals surface area contributed by atoms with Crippen LogP contribution in [0.25, 0.3) is 6.08 Å². The van der Waals surface area contributed by atoms with E-state index in [0.717, 1.165) is 5.56 Å². The van der Waals surface area contributed by atoms with Crippen LogP contribution in [0.5, 0.6) is 5.75 Å². The topological polar surface area (TPSA) is 78.8 Å². The van der Waals surface area contributed by atoms with Gasteiger partial charge in [-0.15, -0.1) is 0 Å². The average Bonchev–Trinajstić information content (AvgIpc) is 2.98. The monoisotopic (exact) mass is 267 g/mol. The lowest BCUT2D eigenvalue weighted by atomic mass is 10.0. The van der Waals surface area contributed by atoms with Crippen molar-refractivity contribution in [3.8, 4) is 11.8 Å². The molecule has 0 amide bonds. The first-order valence-corrected chi connectivity index (χ1v) is 5.99. The van der Waals surface area contributed by atoms with Crippen LogP contribution in [-0.2, 0) is 6.42 Å². The SMILES string of the molecule is COc1ccc(C(=O)/C=C/c2cn[nH]c2)cc1CC#N. The third-order valence-corrected chi connectivity index (χ3v) is 2.78. The summed E-state index contributed by atoms with van der Waals surface area (Å²) in [4.78, 5) is 12.1. The van der Waals surface area contributed by atoms with Crippen molar-refractivity contribution in [1.82, 2.24) is 10.2 Å². The quantitative estimate of drug-likeness (QED) is 0.666. The van der Waals surface area contributed by atoms with Gasteiger partial charge in [0.25, 0.3) is 0 Å². The molecule has 2 rings (SSSR count). The summed E-state index contributed by atoms with van der Waals surface area (Å²) >= 11 is 0. The van der Waals surface area contributed by atoms with Gasteiger partial charge in [0.05, 0.1) is 25.8 Å². The molecule has 0 aliphatic carbocycles. The molecule has 0 saturated heterocycles. The molecule has 100 valence electrons. The minimum Gasteiger partial charge on any atom is -0.496 e. The van der Waals surface area contributed by atoms with E-state index in [4.69, 9.17) is 10.00 Å². The van der Waals surface area contributed by atoms with E-state index < -0.39 is 0 Å². The third kappa shape index (κ3) is 3.12. The molecule has 1 aromatic carbocycles. The van der Waals surface area contributed by atoms with Crippen molar-refractivity contribution >= 4 is 11.9 Å². The molecule has 0 fully saturated rings. The van der Waals surface area contributed by atoms with E-state index in [-0.39, 0.29) is 12.2 Å². The number of rotatable bonds is 5. The Bertz CT molecular complexity index is 667. The minimum atomic E-state index is -0.131. The van der Waals surface area contributed by atoms with Crippen molar-refractivity contribution in [2.45, 2.75) is 6.42 Å². The molecule has 1 aromatic heterocycles. The molecule has 0 atom stereocenters. The van der Waals surface area contributed by atoms with Gasteiger partial charge in [0.1, 0.15) is 5.75 Å². The highest BCUT2D eigenvalue weighted by Gasteiger charge is 2.08. The molecule has 0 aliphatic heterocycles. The zero-order chi connectivity index (χ0) is 14.4. The minimum absolute atomic E-state index is 0.131. The van der Waals surface area contributed by atoms with Gasteiger partial charge in [0, 0.05) is 22.9 Å². The number of nitrogens with one attached hydrogen (secondary N) is 1. The Morgan fingerprint density at radius 1 is 1.55 bits per heavy atom. The fourth-order valence-electron chi connectivity index (χ4n) is 1.78. The number of carbonyl (C=O) groups is 1. The van der Waals surface area contributed by atoms with Crippen LogP contribution in [0.2, 0.25) is 0 Å². The van der Waals surface area contributed by atoms with Crippen LogP contribution < -0.4 is 4.74 Å². The lowest BCUT2D eigenvalue weighted by Gasteiger charge is -2.06. The maximum atomic E-state index is 12.1. The zero-order valence-corrected chi connectivity index (χ0v) is 11.0. The van der Waals surface area contributed by atoms with Crippen molar-refractivity contribution in [3.05, 3.63) is 53.4 Å². The molecule has 20 heavy (non-hydrogen) atoms. The molecule has 1 N–H and O–H groups in total. The van der Waals surface area contributed by atoms with Gasteiger partial charge in [0.15, 0.2) is 5.78 Å². The standard InChI is InChI=1S/C15H13N3O2/c1-20-15-5-3-12(8-13(15)6-7-16)14(19)4-2-11-9-17-18-10-11/h2-5,8-10H,6H2,1H3,(H,17,18)/b4-2+. The first-order chi connectivity index (χ1) is 9.74. The number of hydrogen-bond donors (Lipinski definition) is 1. The van der Waals surface area contributed by atoms with Crippen molar-refractivity contribution in [2.75, 3.05) is 7.11 Å². The Labute approximate surface area is 116 Å². The van der Waals surface area contributed by atoms with Crippen LogP contribution in [0.15, 0.2) is 36.7 Å². The van der Waals surface area contributed by atoms with Crippen LogP contribution in [0.3, 0.4) is 0 Å².